The van der Waals surface area contributed by atoms with E-state index in [0.717, 1.165) is 52.2 Å². The Morgan fingerprint density at radius 2 is 1.26 bits per heavy atom. The van der Waals surface area contributed by atoms with Crippen molar-refractivity contribution < 1.29 is 37.4 Å². The molecule has 3 amide bonds. The van der Waals surface area contributed by atoms with Crippen LogP contribution < -0.4 is 11.1 Å². The van der Waals surface area contributed by atoms with E-state index in [-0.39, 0.29) is 47.6 Å². The highest BCUT2D eigenvalue weighted by Crippen LogP contribution is 2.32. The molecular formula is C43H60F2N6O6. The fraction of sp³-hybridized carbons (Fsp3) is 0.558. The van der Waals surface area contributed by atoms with Crippen molar-refractivity contribution in [2.24, 2.45) is 17.6 Å². The van der Waals surface area contributed by atoms with Crippen molar-refractivity contribution >= 4 is 39.7 Å². The van der Waals surface area contributed by atoms with E-state index >= 15 is 0 Å². The van der Waals surface area contributed by atoms with Crippen LogP contribution in [-0.2, 0) is 36.6 Å². The lowest BCUT2D eigenvalue weighted by Gasteiger charge is -2.33. The minimum Gasteiger partial charge on any atom is -0.444 e. The van der Waals surface area contributed by atoms with Gasteiger partial charge in [-0.25, -0.2) is 13.6 Å². The van der Waals surface area contributed by atoms with Gasteiger partial charge in [0, 0.05) is 73.6 Å². The number of likely N-dealkylation sites (tertiary alicyclic amines) is 2. The van der Waals surface area contributed by atoms with E-state index in [1.54, 1.807) is 46.9 Å². The lowest BCUT2D eigenvalue weighted by molar-refractivity contribution is -0.138. The van der Waals surface area contributed by atoms with Crippen molar-refractivity contribution in [1.29, 1.82) is 0 Å². The maximum Gasteiger partial charge on any atom is 0.408 e. The maximum atomic E-state index is 13.6. The summed E-state index contributed by atoms with van der Waals surface area (Å²) >= 11 is 0. The number of alkyl carbamates (subject to hydrolysis) is 1. The highest BCUT2D eigenvalue weighted by Gasteiger charge is 2.41. The maximum absolute atomic E-state index is 13.6. The van der Waals surface area contributed by atoms with Crippen molar-refractivity contribution in [3.8, 4) is 0 Å². The van der Waals surface area contributed by atoms with E-state index in [1.807, 2.05) is 29.1 Å². The molecule has 2 saturated heterocycles. The van der Waals surface area contributed by atoms with Crippen LogP contribution in [0.15, 0.2) is 48.8 Å². The number of fused-ring (bicyclic) bond motifs is 2. The molecule has 312 valence electrons. The Labute approximate surface area is 334 Å². The van der Waals surface area contributed by atoms with Gasteiger partial charge in [-0.3, -0.25) is 9.59 Å². The number of rotatable bonds is 11. The lowest BCUT2D eigenvalue weighted by Crippen LogP contribution is -2.56. The van der Waals surface area contributed by atoms with Crippen LogP contribution in [0.25, 0.3) is 21.8 Å². The topological polar surface area (TPSA) is 155 Å². The predicted octanol–water partition coefficient (Wildman–Crippen LogP) is 6.46. The van der Waals surface area contributed by atoms with Crippen LogP contribution in [0, 0.1) is 23.5 Å². The largest absolute Gasteiger partial charge is 0.444 e. The number of ether oxygens (including phenoxy) is 3. The number of hydrogen-bond donors (Lipinski definition) is 4. The quantitative estimate of drug-likeness (QED) is 0.136. The van der Waals surface area contributed by atoms with Gasteiger partial charge in [-0.15, -0.1) is 0 Å². The average molecular weight is 795 g/mol. The molecule has 0 bridgehead atoms. The van der Waals surface area contributed by atoms with Gasteiger partial charge in [0.25, 0.3) is 0 Å². The number of aromatic nitrogens is 2. The van der Waals surface area contributed by atoms with E-state index in [0.29, 0.717) is 25.4 Å². The highest BCUT2D eigenvalue weighted by molar-refractivity contribution is 5.88. The molecule has 0 radical (unpaired) electrons. The Balaban J connectivity index is 0.000000224. The number of carbonyl (C=O) groups is 3. The van der Waals surface area contributed by atoms with Crippen LogP contribution in [0.3, 0.4) is 0 Å². The fourth-order valence-electron chi connectivity index (χ4n) is 7.96. The molecular weight excluding hydrogens is 735 g/mol. The molecule has 2 aromatic carbocycles. The summed E-state index contributed by atoms with van der Waals surface area (Å²) in [5.74, 6) is -0.128. The zero-order chi connectivity index (χ0) is 41.8. The Bertz CT molecular complexity index is 2010. The second kappa shape index (κ2) is 18.4. The van der Waals surface area contributed by atoms with Crippen LogP contribution in [0.2, 0.25) is 0 Å². The van der Waals surface area contributed by atoms with Gasteiger partial charge in [-0.05, 0) is 120 Å². The minimum atomic E-state index is -0.861. The van der Waals surface area contributed by atoms with Gasteiger partial charge in [0.2, 0.25) is 11.8 Å². The predicted molar refractivity (Wildman–Crippen MR) is 217 cm³/mol. The summed E-state index contributed by atoms with van der Waals surface area (Å²) in [5.41, 5.74) is 9.05. The van der Waals surface area contributed by atoms with Crippen molar-refractivity contribution in [1.82, 2.24) is 25.1 Å². The van der Waals surface area contributed by atoms with Crippen molar-refractivity contribution in [3.63, 3.8) is 0 Å². The summed E-state index contributed by atoms with van der Waals surface area (Å²) < 4.78 is 42.9. The fourth-order valence-corrected chi connectivity index (χ4v) is 7.96. The number of carbonyl (C=O) groups excluding carboxylic acids is 3. The smallest absolute Gasteiger partial charge is 0.408 e. The number of benzene rings is 2. The van der Waals surface area contributed by atoms with E-state index in [1.165, 1.54) is 31.4 Å². The van der Waals surface area contributed by atoms with Gasteiger partial charge in [0.1, 0.15) is 29.3 Å². The normalized spacial score (nSPS) is 21.9. The molecule has 12 nitrogen and oxygen atoms in total. The highest BCUT2D eigenvalue weighted by atomic mass is 19.1. The van der Waals surface area contributed by atoms with Crippen LogP contribution in [0.1, 0.15) is 72.4 Å². The summed E-state index contributed by atoms with van der Waals surface area (Å²) in [5, 5.41) is 4.66. The minimum absolute atomic E-state index is 0.0430. The Kier molecular flexibility index (Phi) is 14.1. The first kappa shape index (κ1) is 43.6. The van der Waals surface area contributed by atoms with E-state index in [2.05, 4.69) is 29.1 Å². The Morgan fingerprint density at radius 1 is 0.807 bits per heavy atom. The molecule has 0 saturated carbocycles. The average Bonchev–Trinajstić information content (AvgIpc) is 3.94. The van der Waals surface area contributed by atoms with Crippen LogP contribution in [-0.4, -0.2) is 107 Å². The third kappa shape index (κ3) is 10.3. The zero-order valence-corrected chi connectivity index (χ0v) is 34.7. The van der Waals surface area contributed by atoms with Crippen molar-refractivity contribution in [2.45, 2.75) is 116 Å². The molecule has 0 spiro atoms. The van der Waals surface area contributed by atoms with Gasteiger partial charge < -0.3 is 45.0 Å². The molecule has 4 heterocycles. The molecule has 0 aliphatic carbocycles. The molecule has 2 fully saturated rings. The number of amides is 3. The summed E-state index contributed by atoms with van der Waals surface area (Å²) in [7, 11) is 3.07. The number of nitrogens with zero attached hydrogens (tertiary/aromatic N) is 2. The number of H-pyrrole nitrogens is 2. The molecule has 6 rings (SSSR count). The van der Waals surface area contributed by atoms with Crippen LogP contribution >= 0.6 is 0 Å². The van der Waals surface area contributed by atoms with Gasteiger partial charge in [0.05, 0.1) is 12.2 Å². The molecule has 2 aliphatic rings. The van der Waals surface area contributed by atoms with Crippen molar-refractivity contribution in [3.05, 3.63) is 71.6 Å². The number of hydrogen-bond acceptors (Lipinski definition) is 7. The summed E-state index contributed by atoms with van der Waals surface area (Å²) in [6.07, 6.45) is 5.49. The van der Waals surface area contributed by atoms with Crippen LogP contribution in [0.4, 0.5) is 13.6 Å². The monoisotopic (exact) mass is 794 g/mol. The molecule has 5 N–H and O–H groups in total. The summed E-state index contributed by atoms with van der Waals surface area (Å²) in [6.45, 7) is 14.5. The van der Waals surface area contributed by atoms with E-state index < -0.39 is 29.9 Å². The SMILES string of the molecule is CO[C@H](C)[C@H](N)C(=O)N1CC[C@H](C)[C@H]1Cc1c[nH]c2cc(F)ccc12.CO[C@H](C)[C@H](NC(=O)OC(C)(C)C)C(=O)N1CC[C@H](C)[C@H]1Cc1c[nH]c2cc(F)ccc12. The third-order valence-corrected chi connectivity index (χ3v) is 11.6. The first-order valence-corrected chi connectivity index (χ1v) is 19.8. The van der Waals surface area contributed by atoms with Gasteiger partial charge in [-0.2, -0.15) is 0 Å². The molecule has 14 heteroatoms. The van der Waals surface area contributed by atoms with Gasteiger partial charge in [-0.1, -0.05) is 13.8 Å². The van der Waals surface area contributed by atoms with E-state index in [4.69, 9.17) is 19.9 Å². The zero-order valence-electron chi connectivity index (χ0n) is 34.7. The van der Waals surface area contributed by atoms with Crippen molar-refractivity contribution in [2.75, 3.05) is 27.3 Å². The van der Waals surface area contributed by atoms with Gasteiger partial charge >= 0.3 is 6.09 Å². The Morgan fingerprint density at radius 3 is 1.70 bits per heavy atom. The van der Waals surface area contributed by atoms with Crippen LogP contribution in [0.5, 0.6) is 0 Å². The second-order valence-electron chi connectivity index (χ2n) is 16.7. The third-order valence-electron chi connectivity index (χ3n) is 11.6. The lowest BCUT2D eigenvalue weighted by atomic mass is 9.95. The first-order valence-electron chi connectivity index (χ1n) is 19.8. The Hall–Kier alpha value is -4.53. The molecule has 8 atom stereocenters. The first-order chi connectivity index (χ1) is 26.9. The number of aromatic amines is 2. The summed E-state index contributed by atoms with van der Waals surface area (Å²) in [6, 6.07) is 7.97. The summed E-state index contributed by atoms with van der Waals surface area (Å²) in [4.78, 5) is 48.7. The van der Waals surface area contributed by atoms with E-state index in [9.17, 15) is 23.2 Å². The molecule has 0 unspecified atom stereocenters. The number of halogens is 2. The molecule has 4 aromatic rings. The second-order valence-corrected chi connectivity index (χ2v) is 16.7. The number of methoxy groups -OCH3 is 2. The van der Waals surface area contributed by atoms with Gasteiger partial charge in [0.15, 0.2) is 0 Å². The molecule has 2 aromatic heterocycles. The molecule has 57 heavy (non-hydrogen) atoms. The standard InChI is InChI=1S/C24H34FN3O4.C19H26FN3O2/c1-14-9-10-28(20(14)11-16-13-26-19-12-17(25)7-8-18(16)19)22(29)21(15(2)31-6)27-23(30)32-24(3,4)5;1-11-6-7-23(19(24)18(21)12(2)25-3)17(11)8-13-10-22-16-9-14(20)4-5-15(13)16/h7-8,12-15,20-21,26H,9-11H2,1-6H3,(H,27,30);4-5,9-12,17-18,22H,6-8,21H2,1-3H3/t14-,15+,20+,21-;11-,12+,17+,18-/m00/s1. The number of nitrogens with two attached hydrogens (primary N) is 1. The molecule has 2 aliphatic heterocycles. The number of nitrogens with one attached hydrogen (secondary N) is 3.